The number of halogens is 1. The number of rotatable bonds is 3. The number of anilines is 1. The van der Waals surface area contributed by atoms with Crippen molar-refractivity contribution in [2.75, 3.05) is 12.8 Å². The molecule has 0 aliphatic carbocycles. The van der Waals surface area contributed by atoms with E-state index in [0.717, 1.165) is 15.5 Å². The first-order valence-corrected chi connectivity index (χ1v) is 5.88. The lowest BCUT2D eigenvalue weighted by atomic mass is 10.3. The van der Waals surface area contributed by atoms with Gasteiger partial charge in [-0.25, -0.2) is 4.39 Å². The second-order valence-corrected chi connectivity index (χ2v) is 4.54. The minimum absolute atomic E-state index is 0.188. The second kappa shape index (κ2) is 5.10. The second-order valence-electron chi connectivity index (χ2n) is 3.43. The summed E-state index contributed by atoms with van der Waals surface area (Å²) in [5, 5.41) is 0. The van der Waals surface area contributed by atoms with E-state index in [0.29, 0.717) is 0 Å². The Labute approximate surface area is 104 Å². The van der Waals surface area contributed by atoms with Crippen LogP contribution in [0.5, 0.6) is 5.75 Å². The van der Waals surface area contributed by atoms with Crippen molar-refractivity contribution >= 4 is 17.4 Å². The molecule has 0 spiro atoms. The Morgan fingerprint density at radius 2 is 1.82 bits per heavy atom. The van der Waals surface area contributed by atoms with E-state index in [9.17, 15) is 4.39 Å². The summed E-state index contributed by atoms with van der Waals surface area (Å²) < 4.78 is 18.3. The lowest BCUT2D eigenvalue weighted by Crippen LogP contribution is -1.92. The molecule has 0 unspecified atom stereocenters. The van der Waals surface area contributed by atoms with Crippen LogP contribution in [0.1, 0.15) is 0 Å². The van der Waals surface area contributed by atoms with Crippen LogP contribution in [-0.4, -0.2) is 7.11 Å². The van der Waals surface area contributed by atoms with Crippen molar-refractivity contribution < 1.29 is 9.13 Å². The molecule has 0 radical (unpaired) electrons. The Morgan fingerprint density at radius 1 is 1.12 bits per heavy atom. The molecule has 0 bridgehead atoms. The zero-order chi connectivity index (χ0) is 12.3. The van der Waals surface area contributed by atoms with Gasteiger partial charge in [-0.05, 0) is 36.4 Å². The highest BCUT2D eigenvalue weighted by Gasteiger charge is 2.05. The smallest absolute Gasteiger partial charge is 0.147 e. The molecule has 2 nitrogen and oxygen atoms in total. The lowest BCUT2D eigenvalue weighted by molar-refractivity contribution is 0.414. The molecule has 2 aromatic carbocycles. The maximum absolute atomic E-state index is 13.2. The Hall–Kier alpha value is -1.68. The predicted molar refractivity (Wildman–Crippen MR) is 67.9 cm³/mol. The van der Waals surface area contributed by atoms with Gasteiger partial charge in [-0.15, -0.1) is 0 Å². The van der Waals surface area contributed by atoms with E-state index < -0.39 is 0 Å². The van der Waals surface area contributed by atoms with E-state index in [2.05, 4.69) is 0 Å². The molecule has 0 atom stereocenters. The molecule has 4 heteroatoms. The number of ether oxygens (including phenoxy) is 1. The topological polar surface area (TPSA) is 35.2 Å². The molecule has 0 saturated carbocycles. The van der Waals surface area contributed by atoms with Crippen LogP contribution in [0.15, 0.2) is 52.3 Å². The molecule has 0 heterocycles. The predicted octanol–water partition coefficient (Wildman–Crippen LogP) is 3.57. The van der Waals surface area contributed by atoms with Crippen molar-refractivity contribution in [3.05, 3.63) is 48.3 Å². The summed E-state index contributed by atoms with van der Waals surface area (Å²) in [6.07, 6.45) is 0. The summed E-state index contributed by atoms with van der Waals surface area (Å²) in [5.41, 5.74) is 5.85. The number of hydrogen-bond donors (Lipinski definition) is 1. The van der Waals surface area contributed by atoms with Gasteiger partial charge < -0.3 is 10.5 Å². The van der Waals surface area contributed by atoms with Crippen LogP contribution < -0.4 is 10.5 Å². The summed E-state index contributed by atoms with van der Waals surface area (Å²) >= 11 is 1.43. The summed E-state index contributed by atoms with van der Waals surface area (Å²) in [7, 11) is 1.62. The third-order valence-corrected chi connectivity index (χ3v) is 3.38. The van der Waals surface area contributed by atoms with E-state index in [1.54, 1.807) is 19.2 Å². The van der Waals surface area contributed by atoms with Crippen molar-refractivity contribution in [2.24, 2.45) is 0 Å². The van der Waals surface area contributed by atoms with Crippen LogP contribution in [-0.2, 0) is 0 Å². The minimum Gasteiger partial charge on any atom is -0.497 e. The standard InChI is InChI=1S/C13H12FNOS/c1-16-9-5-7-10(8-6-9)17-12-4-2-3-11(14)13(12)15/h2-8H,15H2,1H3. The van der Waals surface area contributed by atoms with E-state index >= 15 is 0 Å². The highest BCUT2D eigenvalue weighted by Crippen LogP contribution is 2.33. The zero-order valence-corrected chi connectivity index (χ0v) is 10.1. The number of nitrogens with two attached hydrogens (primary N) is 1. The fraction of sp³-hybridized carbons (Fsp3) is 0.0769. The minimum atomic E-state index is -0.386. The van der Waals surface area contributed by atoms with Crippen LogP contribution in [0.3, 0.4) is 0 Å². The molecule has 88 valence electrons. The number of hydrogen-bond acceptors (Lipinski definition) is 3. The van der Waals surface area contributed by atoms with Crippen LogP contribution in [0.4, 0.5) is 10.1 Å². The van der Waals surface area contributed by atoms with E-state index in [-0.39, 0.29) is 11.5 Å². The van der Waals surface area contributed by atoms with Crippen molar-refractivity contribution in [2.45, 2.75) is 9.79 Å². The van der Waals surface area contributed by atoms with Gasteiger partial charge in [0.2, 0.25) is 0 Å². The van der Waals surface area contributed by atoms with Gasteiger partial charge in [0.15, 0.2) is 0 Å². The van der Waals surface area contributed by atoms with Gasteiger partial charge in [-0.2, -0.15) is 0 Å². The van der Waals surface area contributed by atoms with Crippen LogP contribution in [0.25, 0.3) is 0 Å². The fourth-order valence-electron chi connectivity index (χ4n) is 1.38. The summed E-state index contributed by atoms with van der Waals surface area (Å²) in [6.45, 7) is 0. The van der Waals surface area contributed by atoms with Gasteiger partial charge >= 0.3 is 0 Å². The molecule has 2 N–H and O–H groups in total. The lowest BCUT2D eigenvalue weighted by Gasteiger charge is -2.06. The van der Waals surface area contributed by atoms with E-state index in [4.69, 9.17) is 10.5 Å². The van der Waals surface area contributed by atoms with Crippen LogP contribution in [0.2, 0.25) is 0 Å². The van der Waals surface area contributed by atoms with Gasteiger partial charge in [-0.1, -0.05) is 17.8 Å². The Bertz CT molecular complexity index is 513. The first-order chi connectivity index (χ1) is 8.20. The van der Waals surface area contributed by atoms with Gasteiger partial charge in [-0.3, -0.25) is 0 Å². The molecule has 0 fully saturated rings. The number of para-hydroxylation sites is 1. The molecule has 0 amide bonds. The maximum atomic E-state index is 13.2. The van der Waals surface area contributed by atoms with Crippen molar-refractivity contribution in [1.29, 1.82) is 0 Å². The molecular formula is C13H12FNOS. The van der Waals surface area contributed by atoms with E-state index in [1.807, 2.05) is 24.3 Å². The number of nitrogen functional groups attached to an aromatic ring is 1. The summed E-state index contributed by atoms with van der Waals surface area (Å²) in [5.74, 6) is 0.407. The molecule has 0 saturated heterocycles. The molecule has 0 aromatic heterocycles. The average molecular weight is 249 g/mol. The SMILES string of the molecule is COc1ccc(Sc2cccc(F)c2N)cc1. The first kappa shape index (κ1) is 11.8. The molecule has 0 aliphatic heterocycles. The van der Waals surface area contributed by atoms with Crippen molar-refractivity contribution in [1.82, 2.24) is 0 Å². The van der Waals surface area contributed by atoms with Crippen molar-refractivity contribution in [3.63, 3.8) is 0 Å². The van der Waals surface area contributed by atoms with Gasteiger partial charge in [0.05, 0.1) is 12.8 Å². The normalized spacial score (nSPS) is 10.2. The third kappa shape index (κ3) is 2.71. The number of methoxy groups -OCH3 is 1. The Kier molecular flexibility index (Phi) is 3.54. The van der Waals surface area contributed by atoms with E-state index in [1.165, 1.54) is 17.8 Å². The van der Waals surface area contributed by atoms with Crippen LogP contribution >= 0.6 is 11.8 Å². The average Bonchev–Trinajstić information content (AvgIpc) is 2.36. The van der Waals surface area contributed by atoms with Gasteiger partial charge in [0.25, 0.3) is 0 Å². The molecule has 17 heavy (non-hydrogen) atoms. The Balaban J connectivity index is 2.22. The van der Waals surface area contributed by atoms with Gasteiger partial charge in [0, 0.05) is 9.79 Å². The molecular weight excluding hydrogens is 237 g/mol. The third-order valence-electron chi connectivity index (χ3n) is 2.30. The molecule has 0 aliphatic rings. The fourth-order valence-corrected chi connectivity index (χ4v) is 2.26. The van der Waals surface area contributed by atoms with Crippen molar-refractivity contribution in [3.8, 4) is 5.75 Å². The van der Waals surface area contributed by atoms with Gasteiger partial charge in [0.1, 0.15) is 11.6 Å². The Morgan fingerprint density at radius 3 is 2.47 bits per heavy atom. The molecule has 2 aromatic rings. The highest BCUT2D eigenvalue weighted by atomic mass is 32.2. The zero-order valence-electron chi connectivity index (χ0n) is 9.31. The monoisotopic (exact) mass is 249 g/mol. The maximum Gasteiger partial charge on any atom is 0.147 e. The first-order valence-electron chi connectivity index (χ1n) is 5.06. The largest absolute Gasteiger partial charge is 0.497 e. The molecule has 2 rings (SSSR count). The van der Waals surface area contributed by atoms with Crippen LogP contribution in [0, 0.1) is 5.82 Å². The number of benzene rings is 2. The summed E-state index contributed by atoms with van der Waals surface area (Å²) in [6, 6.07) is 12.3. The summed E-state index contributed by atoms with van der Waals surface area (Å²) in [4.78, 5) is 1.71. The quantitative estimate of drug-likeness (QED) is 0.845. The highest BCUT2D eigenvalue weighted by molar-refractivity contribution is 7.99.